The summed E-state index contributed by atoms with van der Waals surface area (Å²) in [6.07, 6.45) is 0.797. The number of carbonyl (C=O) groups excluding carboxylic acids is 2. The summed E-state index contributed by atoms with van der Waals surface area (Å²) in [6.45, 7) is 5.23. The van der Waals surface area contributed by atoms with Gasteiger partial charge < -0.3 is 19.5 Å². The van der Waals surface area contributed by atoms with E-state index in [0.29, 0.717) is 36.0 Å². The minimum atomic E-state index is -1.16. The Balaban J connectivity index is 1.46. The van der Waals surface area contributed by atoms with Gasteiger partial charge >= 0.3 is 6.03 Å². The normalized spacial score (nSPS) is 21.0. The number of nitrogens with zero attached hydrogens (tertiary/aromatic N) is 1. The van der Waals surface area contributed by atoms with Crippen molar-refractivity contribution in [3.8, 4) is 17.2 Å². The third-order valence-electron chi connectivity index (χ3n) is 5.20. The topological polar surface area (TPSA) is 77.1 Å². The summed E-state index contributed by atoms with van der Waals surface area (Å²) in [5, 5.41) is 2.81. The lowest BCUT2D eigenvalue weighted by atomic mass is 9.91. The first kappa shape index (κ1) is 19.1. The molecule has 3 amide bonds. The molecule has 0 saturated carbocycles. The number of benzene rings is 2. The second-order valence-electron chi connectivity index (χ2n) is 7.39. The molecule has 2 aliphatic heterocycles. The predicted octanol–water partition coefficient (Wildman–Crippen LogP) is 3.00. The number of nitrogens with one attached hydrogen (secondary N) is 1. The molecule has 0 radical (unpaired) electrons. The van der Waals surface area contributed by atoms with Crippen LogP contribution in [0.2, 0.25) is 0 Å². The number of rotatable bonds is 5. The summed E-state index contributed by atoms with van der Waals surface area (Å²) in [5.41, 5.74) is 0.630. The average molecular weight is 396 g/mol. The first-order valence-corrected chi connectivity index (χ1v) is 9.71. The summed E-state index contributed by atoms with van der Waals surface area (Å²) in [6, 6.07) is 12.5. The van der Waals surface area contributed by atoms with E-state index in [1.165, 1.54) is 4.90 Å². The van der Waals surface area contributed by atoms with Crippen LogP contribution in [-0.4, -0.2) is 43.2 Å². The van der Waals surface area contributed by atoms with Crippen molar-refractivity contribution in [3.63, 3.8) is 0 Å². The van der Waals surface area contributed by atoms with E-state index in [0.717, 1.165) is 12.0 Å². The number of hydrogen-bond acceptors (Lipinski definition) is 5. The number of carbonyl (C=O) groups is 2. The molecule has 2 aromatic carbocycles. The Morgan fingerprint density at radius 2 is 1.79 bits per heavy atom. The SMILES string of the molecule is Cc1ccc(OCCN2C(=O)N[C@@](C)(c3ccc4c(c3)OCCCO4)C2=O)cc1. The van der Waals surface area contributed by atoms with E-state index in [-0.39, 0.29) is 19.1 Å². The lowest BCUT2D eigenvalue weighted by Crippen LogP contribution is -2.41. The molecule has 0 aromatic heterocycles. The van der Waals surface area contributed by atoms with E-state index >= 15 is 0 Å². The van der Waals surface area contributed by atoms with Crippen molar-refractivity contribution < 1.29 is 23.8 Å². The van der Waals surface area contributed by atoms with E-state index in [4.69, 9.17) is 14.2 Å². The first-order chi connectivity index (χ1) is 14.0. The molecule has 7 heteroatoms. The Hall–Kier alpha value is -3.22. The minimum Gasteiger partial charge on any atom is -0.492 e. The fraction of sp³-hybridized carbons (Fsp3) is 0.364. The van der Waals surface area contributed by atoms with E-state index in [2.05, 4.69) is 5.32 Å². The summed E-state index contributed by atoms with van der Waals surface area (Å²) < 4.78 is 17.0. The smallest absolute Gasteiger partial charge is 0.325 e. The molecule has 2 aliphatic rings. The predicted molar refractivity (Wildman–Crippen MR) is 106 cm³/mol. The zero-order valence-electron chi connectivity index (χ0n) is 16.6. The number of imide groups is 1. The monoisotopic (exact) mass is 396 g/mol. The zero-order chi connectivity index (χ0) is 20.4. The Bertz CT molecular complexity index is 927. The Morgan fingerprint density at radius 3 is 2.55 bits per heavy atom. The maximum Gasteiger partial charge on any atom is 0.325 e. The van der Waals surface area contributed by atoms with Crippen molar-refractivity contribution in [1.82, 2.24) is 10.2 Å². The Morgan fingerprint density at radius 1 is 1.07 bits per heavy atom. The van der Waals surface area contributed by atoms with Crippen LogP contribution in [0.25, 0.3) is 0 Å². The third-order valence-corrected chi connectivity index (χ3v) is 5.20. The molecule has 1 N–H and O–H groups in total. The van der Waals surface area contributed by atoms with Gasteiger partial charge in [-0.05, 0) is 43.7 Å². The lowest BCUT2D eigenvalue weighted by Gasteiger charge is -2.23. The molecule has 2 heterocycles. The molecule has 4 rings (SSSR count). The van der Waals surface area contributed by atoms with Crippen molar-refractivity contribution >= 4 is 11.9 Å². The number of hydrogen-bond donors (Lipinski definition) is 1. The molecule has 0 spiro atoms. The van der Waals surface area contributed by atoms with E-state index < -0.39 is 11.6 Å². The standard InChI is InChI=1S/C22H24N2O5/c1-15-4-7-17(8-5-15)27-13-10-24-20(25)22(2,23-21(24)26)16-6-9-18-19(14-16)29-12-3-11-28-18/h4-9,14H,3,10-13H2,1-2H3,(H,23,26)/t22-/m0/s1. The summed E-state index contributed by atoms with van der Waals surface area (Å²) in [4.78, 5) is 26.8. The molecule has 152 valence electrons. The molecule has 0 aliphatic carbocycles. The zero-order valence-corrected chi connectivity index (χ0v) is 16.6. The summed E-state index contributed by atoms with van der Waals surface area (Å²) in [5.74, 6) is 1.62. The quantitative estimate of drug-likeness (QED) is 0.787. The van der Waals surface area contributed by atoms with Gasteiger partial charge in [-0.15, -0.1) is 0 Å². The Labute approximate surface area is 169 Å². The number of fused-ring (bicyclic) bond motifs is 1. The van der Waals surface area contributed by atoms with Crippen LogP contribution < -0.4 is 19.5 Å². The molecular weight excluding hydrogens is 372 g/mol. The van der Waals surface area contributed by atoms with Gasteiger partial charge in [0, 0.05) is 6.42 Å². The highest BCUT2D eigenvalue weighted by molar-refractivity contribution is 6.07. The highest BCUT2D eigenvalue weighted by Gasteiger charge is 2.49. The molecule has 1 atom stereocenters. The van der Waals surface area contributed by atoms with Crippen LogP contribution >= 0.6 is 0 Å². The summed E-state index contributed by atoms with van der Waals surface area (Å²) >= 11 is 0. The van der Waals surface area contributed by atoms with Gasteiger partial charge in [-0.25, -0.2) is 4.79 Å². The molecule has 0 bridgehead atoms. The van der Waals surface area contributed by atoms with Crippen molar-refractivity contribution in [2.24, 2.45) is 0 Å². The molecular formula is C22H24N2O5. The van der Waals surface area contributed by atoms with Crippen molar-refractivity contribution in [3.05, 3.63) is 53.6 Å². The van der Waals surface area contributed by atoms with Crippen molar-refractivity contribution in [2.45, 2.75) is 25.8 Å². The van der Waals surface area contributed by atoms with Crippen LogP contribution in [0.1, 0.15) is 24.5 Å². The average Bonchev–Trinajstić information content (AvgIpc) is 2.87. The molecule has 2 aromatic rings. The van der Waals surface area contributed by atoms with Crippen LogP contribution in [0.15, 0.2) is 42.5 Å². The maximum atomic E-state index is 13.1. The van der Waals surface area contributed by atoms with Gasteiger partial charge in [-0.1, -0.05) is 23.8 Å². The third kappa shape index (κ3) is 3.72. The largest absolute Gasteiger partial charge is 0.492 e. The van der Waals surface area contributed by atoms with Crippen LogP contribution in [0, 0.1) is 6.92 Å². The van der Waals surface area contributed by atoms with Gasteiger partial charge in [0.05, 0.1) is 19.8 Å². The van der Waals surface area contributed by atoms with Gasteiger partial charge in [0.15, 0.2) is 11.5 Å². The number of urea groups is 1. The van der Waals surface area contributed by atoms with Crippen LogP contribution in [-0.2, 0) is 10.3 Å². The highest BCUT2D eigenvalue weighted by Crippen LogP contribution is 2.36. The van der Waals surface area contributed by atoms with Gasteiger partial charge in [0.25, 0.3) is 5.91 Å². The number of amides is 3. The van der Waals surface area contributed by atoms with Gasteiger partial charge in [-0.2, -0.15) is 0 Å². The first-order valence-electron chi connectivity index (χ1n) is 9.71. The van der Waals surface area contributed by atoms with Crippen molar-refractivity contribution in [2.75, 3.05) is 26.4 Å². The van der Waals surface area contributed by atoms with Gasteiger partial charge in [0.2, 0.25) is 0 Å². The van der Waals surface area contributed by atoms with Crippen LogP contribution in [0.4, 0.5) is 4.79 Å². The maximum absolute atomic E-state index is 13.1. The van der Waals surface area contributed by atoms with Gasteiger partial charge in [-0.3, -0.25) is 9.69 Å². The number of aryl methyl sites for hydroxylation is 1. The molecule has 1 fully saturated rings. The minimum absolute atomic E-state index is 0.165. The molecule has 7 nitrogen and oxygen atoms in total. The second-order valence-corrected chi connectivity index (χ2v) is 7.39. The van der Waals surface area contributed by atoms with Crippen LogP contribution in [0.3, 0.4) is 0 Å². The Kier molecular flexibility index (Phi) is 5.05. The van der Waals surface area contributed by atoms with E-state index in [9.17, 15) is 9.59 Å². The fourth-order valence-electron chi connectivity index (χ4n) is 3.46. The highest BCUT2D eigenvalue weighted by atomic mass is 16.5. The fourth-order valence-corrected chi connectivity index (χ4v) is 3.46. The van der Waals surface area contributed by atoms with E-state index in [1.54, 1.807) is 25.1 Å². The molecule has 29 heavy (non-hydrogen) atoms. The molecule has 1 saturated heterocycles. The van der Waals surface area contributed by atoms with E-state index in [1.807, 2.05) is 31.2 Å². The van der Waals surface area contributed by atoms with Crippen molar-refractivity contribution in [1.29, 1.82) is 0 Å². The lowest BCUT2D eigenvalue weighted by molar-refractivity contribution is -0.131. The molecule has 0 unspecified atom stereocenters. The van der Waals surface area contributed by atoms with Crippen LogP contribution in [0.5, 0.6) is 17.2 Å². The second kappa shape index (κ2) is 7.66. The summed E-state index contributed by atoms with van der Waals surface area (Å²) in [7, 11) is 0. The number of ether oxygens (including phenoxy) is 3. The van der Waals surface area contributed by atoms with Gasteiger partial charge in [0.1, 0.15) is 17.9 Å².